The first-order valence-electron chi connectivity index (χ1n) is 8.05. The summed E-state index contributed by atoms with van der Waals surface area (Å²) in [6, 6.07) is 14.6. The summed E-state index contributed by atoms with van der Waals surface area (Å²) in [6.45, 7) is 2.73. The Kier molecular flexibility index (Phi) is 4.79. The van der Waals surface area contributed by atoms with Crippen molar-refractivity contribution >= 4 is 16.8 Å². The van der Waals surface area contributed by atoms with Crippen molar-refractivity contribution in [2.75, 3.05) is 7.11 Å². The molecule has 1 heterocycles. The third kappa shape index (κ3) is 3.24. The van der Waals surface area contributed by atoms with Crippen molar-refractivity contribution in [1.29, 1.82) is 0 Å². The minimum Gasteiger partial charge on any atom is -0.496 e. The maximum absolute atomic E-state index is 12.6. The van der Waals surface area contributed by atoms with Crippen LogP contribution in [-0.4, -0.2) is 22.8 Å². The number of amides is 1. The minimum atomic E-state index is -0.496. The van der Waals surface area contributed by atoms with Gasteiger partial charge in [-0.1, -0.05) is 30.3 Å². The number of aromatic nitrogens is 2. The maximum Gasteiger partial charge on any atom is 0.276 e. The normalized spacial score (nSPS) is 10.6. The van der Waals surface area contributed by atoms with Crippen molar-refractivity contribution in [3.05, 3.63) is 70.0 Å². The highest BCUT2D eigenvalue weighted by Crippen LogP contribution is 2.17. The van der Waals surface area contributed by atoms with Gasteiger partial charge >= 0.3 is 0 Å². The summed E-state index contributed by atoms with van der Waals surface area (Å²) in [6.07, 6.45) is 0. The van der Waals surface area contributed by atoms with Crippen LogP contribution in [0.3, 0.4) is 0 Å². The summed E-state index contributed by atoms with van der Waals surface area (Å²) in [5.41, 5.74) is 1.08. The van der Waals surface area contributed by atoms with Crippen molar-refractivity contribution in [3.8, 4) is 5.75 Å². The summed E-state index contributed by atoms with van der Waals surface area (Å²) in [4.78, 5) is 25.1. The Morgan fingerprint density at radius 2 is 1.88 bits per heavy atom. The van der Waals surface area contributed by atoms with Crippen LogP contribution >= 0.6 is 0 Å². The van der Waals surface area contributed by atoms with E-state index in [2.05, 4.69) is 10.4 Å². The van der Waals surface area contributed by atoms with E-state index >= 15 is 0 Å². The number of hydrogen-bond donors (Lipinski definition) is 1. The number of ether oxygens (including phenoxy) is 1. The van der Waals surface area contributed by atoms with Crippen molar-refractivity contribution in [1.82, 2.24) is 15.1 Å². The lowest BCUT2D eigenvalue weighted by molar-refractivity contribution is 0.0942. The molecule has 0 aliphatic heterocycles. The lowest BCUT2D eigenvalue weighted by Crippen LogP contribution is -2.31. The predicted octanol–water partition coefficient (Wildman–Crippen LogP) is 2.36. The Balaban J connectivity index is 1.92. The number of hydrogen-bond acceptors (Lipinski definition) is 4. The summed E-state index contributed by atoms with van der Waals surface area (Å²) >= 11 is 0. The van der Waals surface area contributed by atoms with Gasteiger partial charge in [-0.2, -0.15) is 5.10 Å². The van der Waals surface area contributed by atoms with Crippen molar-refractivity contribution in [2.24, 2.45) is 0 Å². The molecule has 1 N–H and O–H groups in total. The van der Waals surface area contributed by atoms with Crippen LogP contribution in [-0.2, 0) is 13.1 Å². The fourth-order valence-electron chi connectivity index (χ4n) is 2.74. The van der Waals surface area contributed by atoms with E-state index < -0.39 is 5.91 Å². The molecule has 1 aromatic heterocycles. The summed E-state index contributed by atoms with van der Waals surface area (Å²) in [5.74, 6) is 0.184. The molecule has 6 nitrogen and oxygen atoms in total. The van der Waals surface area contributed by atoms with Gasteiger partial charge in [-0.25, -0.2) is 0 Å². The average Bonchev–Trinajstić information content (AvgIpc) is 2.67. The van der Waals surface area contributed by atoms with Gasteiger partial charge in [0.1, 0.15) is 5.75 Å². The average molecular weight is 337 g/mol. The zero-order chi connectivity index (χ0) is 17.8. The molecule has 0 bridgehead atoms. The van der Waals surface area contributed by atoms with E-state index in [-0.39, 0.29) is 17.7 Å². The van der Waals surface area contributed by atoms with Gasteiger partial charge in [-0.3, -0.25) is 14.3 Å². The van der Waals surface area contributed by atoms with Crippen molar-refractivity contribution in [3.63, 3.8) is 0 Å². The topological polar surface area (TPSA) is 73.2 Å². The molecule has 0 unspecified atom stereocenters. The number of nitrogens with zero attached hydrogens (tertiary/aromatic N) is 2. The lowest BCUT2D eigenvalue weighted by atomic mass is 10.1. The lowest BCUT2D eigenvalue weighted by Gasteiger charge is -2.11. The highest BCUT2D eigenvalue weighted by Gasteiger charge is 2.17. The number of fused-ring (bicyclic) bond motifs is 1. The molecule has 0 fully saturated rings. The van der Waals surface area contributed by atoms with Crippen LogP contribution in [0.1, 0.15) is 23.0 Å². The third-order valence-electron chi connectivity index (χ3n) is 4.01. The molecule has 128 valence electrons. The second-order valence-corrected chi connectivity index (χ2v) is 5.51. The summed E-state index contributed by atoms with van der Waals surface area (Å²) in [5, 5.41) is 7.47. The van der Waals surface area contributed by atoms with Crippen LogP contribution in [0.25, 0.3) is 10.9 Å². The number of carbonyl (C=O) groups excluding carboxylic acids is 1. The number of carbonyl (C=O) groups is 1. The van der Waals surface area contributed by atoms with Gasteiger partial charge in [0.25, 0.3) is 5.91 Å². The fraction of sp³-hybridized carbons (Fsp3) is 0.211. The van der Waals surface area contributed by atoms with Crippen LogP contribution in [0.2, 0.25) is 0 Å². The molecule has 0 atom stereocenters. The predicted molar refractivity (Wildman–Crippen MR) is 95.8 cm³/mol. The Morgan fingerprint density at radius 3 is 2.64 bits per heavy atom. The summed E-state index contributed by atoms with van der Waals surface area (Å²) < 4.78 is 6.93. The largest absolute Gasteiger partial charge is 0.496 e. The molecule has 0 radical (unpaired) electrons. The highest BCUT2D eigenvalue weighted by molar-refractivity contribution is 5.95. The van der Waals surface area contributed by atoms with E-state index in [4.69, 9.17) is 4.74 Å². The molecule has 25 heavy (non-hydrogen) atoms. The number of rotatable bonds is 5. The molecular formula is C19H19N3O3. The number of benzene rings is 2. The minimum absolute atomic E-state index is 0.101. The van der Waals surface area contributed by atoms with E-state index in [1.54, 1.807) is 23.9 Å². The first kappa shape index (κ1) is 16.7. The van der Waals surface area contributed by atoms with E-state index in [0.29, 0.717) is 17.7 Å². The monoisotopic (exact) mass is 337 g/mol. The van der Waals surface area contributed by atoms with E-state index in [1.165, 1.54) is 0 Å². The first-order valence-corrected chi connectivity index (χ1v) is 8.05. The SMILES string of the molecule is CCn1nc(C(=O)NCc2ccccc2OC)c(=O)c2ccccc21. The van der Waals surface area contributed by atoms with Gasteiger partial charge < -0.3 is 10.1 Å². The Bertz CT molecular complexity index is 979. The van der Waals surface area contributed by atoms with Crippen molar-refractivity contribution < 1.29 is 9.53 Å². The summed E-state index contributed by atoms with van der Waals surface area (Å²) in [7, 11) is 1.57. The maximum atomic E-state index is 12.6. The molecule has 2 aromatic carbocycles. The molecule has 1 amide bonds. The van der Waals surface area contributed by atoms with Gasteiger partial charge in [0.2, 0.25) is 5.43 Å². The number of nitrogens with one attached hydrogen (secondary N) is 1. The van der Waals surface area contributed by atoms with Crippen LogP contribution in [0.4, 0.5) is 0 Å². The third-order valence-corrected chi connectivity index (χ3v) is 4.01. The van der Waals surface area contributed by atoms with Gasteiger partial charge in [0.05, 0.1) is 12.6 Å². The van der Waals surface area contributed by atoms with Crippen LogP contribution < -0.4 is 15.5 Å². The number of para-hydroxylation sites is 2. The second-order valence-electron chi connectivity index (χ2n) is 5.51. The van der Waals surface area contributed by atoms with Crippen LogP contribution in [0.5, 0.6) is 5.75 Å². The molecule has 6 heteroatoms. The van der Waals surface area contributed by atoms with Gasteiger partial charge in [-0.05, 0) is 25.1 Å². The molecule has 0 aliphatic carbocycles. The molecule has 0 saturated carbocycles. The zero-order valence-electron chi connectivity index (χ0n) is 14.2. The molecule has 0 spiro atoms. The highest BCUT2D eigenvalue weighted by atomic mass is 16.5. The van der Waals surface area contributed by atoms with Crippen molar-refractivity contribution in [2.45, 2.75) is 20.0 Å². The standard InChI is InChI=1S/C19H19N3O3/c1-3-22-15-10-6-5-9-14(15)18(23)17(21-22)19(24)20-12-13-8-4-7-11-16(13)25-2/h4-11H,3,12H2,1-2H3,(H,20,24). The van der Waals surface area contributed by atoms with Crippen LogP contribution in [0.15, 0.2) is 53.3 Å². The Hall–Kier alpha value is -3.15. The quantitative estimate of drug-likeness (QED) is 0.776. The second kappa shape index (κ2) is 7.17. The molecule has 0 saturated heterocycles. The molecule has 0 aliphatic rings. The van der Waals surface area contributed by atoms with Crippen LogP contribution in [0, 0.1) is 0 Å². The van der Waals surface area contributed by atoms with Gasteiger partial charge in [0, 0.05) is 24.0 Å². The van der Waals surface area contributed by atoms with E-state index in [1.807, 2.05) is 43.3 Å². The fourth-order valence-corrected chi connectivity index (χ4v) is 2.74. The van der Waals surface area contributed by atoms with E-state index in [0.717, 1.165) is 11.1 Å². The molecule has 3 rings (SSSR count). The molecule has 3 aromatic rings. The smallest absolute Gasteiger partial charge is 0.276 e. The molecular weight excluding hydrogens is 318 g/mol. The Morgan fingerprint density at radius 1 is 1.16 bits per heavy atom. The zero-order valence-corrected chi connectivity index (χ0v) is 14.2. The van der Waals surface area contributed by atoms with E-state index in [9.17, 15) is 9.59 Å². The number of aryl methyl sites for hydroxylation is 1. The first-order chi connectivity index (χ1) is 12.2. The van der Waals surface area contributed by atoms with Gasteiger partial charge in [0.15, 0.2) is 5.69 Å². The Labute approximate surface area is 145 Å². The number of methoxy groups -OCH3 is 1. The van der Waals surface area contributed by atoms with Gasteiger partial charge in [-0.15, -0.1) is 0 Å².